The Balaban J connectivity index is 2.33. The Bertz CT molecular complexity index is 414. The minimum absolute atomic E-state index is 0.579. The molecule has 1 aliphatic rings. The van der Waals surface area contributed by atoms with Crippen LogP contribution in [0.2, 0.25) is 0 Å². The van der Waals surface area contributed by atoms with Crippen molar-refractivity contribution in [1.82, 2.24) is 5.32 Å². The van der Waals surface area contributed by atoms with Crippen molar-refractivity contribution in [3.8, 4) is 0 Å². The molecule has 1 saturated heterocycles. The average molecular weight is 233 g/mol. The van der Waals surface area contributed by atoms with E-state index in [1.54, 1.807) is 0 Å². The van der Waals surface area contributed by atoms with Crippen LogP contribution in [-0.4, -0.2) is 24.2 Å². The molecule has 1 aromatic rings. The summed E-state index contributed by atoms with van der Waals surface area (Å²) in [5, 5.41) is 12.6. The molecule has 92 valence electrons. The zero-order valence-electron chi connectivity index (χ0n) is 10.4. The molecule has 0 saturated carbocycles. The van der Waals surface area contributed by atoms with Gasteiger partial charge in [-0.2, -0.15) is 0 Å². The van der Waals surface area contributed by atoms with Crippen molar-refractivity contribution < 1.29 is 9.90 Å². The van der Waals surface area contributed by atoms with Gasteiger partial charge in [0.2, 0.25) is 0 Å². The van der Waals surface area contributed by atoms with Crippen molar-refractivity contribution in [3.05, 3.63) is 34.9 Å². The van der Waals surface area contributed by atoms with Crippen LogP contribution < -0.4 is 5.32 Å². The molecular formula is C14H19NO2. The largest absolute Gasteiger partial charge is 0.481 e. The number of nitrogens with one attached hydrogen (secondary N) is 1. The minimum atomic E-state index is -0.676. The first kappa shape index (κ1) is 12.1. The van der Waals surface area contributed by atoms with Crippen LogP contribution in [0.3, 0.4) is 0 Å². The quantitative estimate of drug-likeness (QED) is 0.838. The Morgan fingerprint density at radius 3 is 2.53 bits per heavy atom. The topological polar surface area (TPSA) is 49.3 Å². The van der Waals surface area contributed by atoms with E-state index in [2.05, 4.69) is 31.3 Å². The van der Waals surface area contributed by atoms with Gasteiger partial charge in [-0.05, 0) is 49.9 Å². The highest BCUT2D eigenvalue weighted by molar-refractivity contribution is 5.76. The van der Waals surface area contributed by atoms with Crippen LogP contribution in [0.5, 0.6) is 0 Å². The monoisotopic (exact) mass is 233 g/mol. The Morgan fingerprint density at radius 2 is 2.06 bits per heavy atom. The summed E-state index contributed by atoms with van der Waals surface area (Å²) in [6.07, 6.45) is 1.35. The normalized spacial score (nSPS) is 23.9. The molecule has 1 unspecified atom stereocenters. The Morgan fingerprint density at radius 1 is 1.41 bits per heavy atom. The summed E-state index contributed by atoms with van der Waals surface area (Å²) in [7, 11) is 0. The van der Waals surface area contributed by atoms with E-state index in [4.69, 9.17) is 0 Å². The number of carbonyl (C=O) groups is 1. The predicted molar refractivity (Wildman–Crippen MR) is 67.2 cm³/mol. The van der Waals surface area contributed by atoms with E-state index >= 15 is 0 Å². The van der Waals surface area contributed by atoms with Crippen molar-refractivity contribution in [2.45, 2.75) is 26.7 Å². The first-order chi connectivity index (χ1) is 8.05. The molecule has 0 radical (unpaired) electrons. The lowest BCUT2D eigenvalue weighted by Crippen LogP contribution is -2.36. The Hall–Kier alpha value is -1.35. The zero-order chi connectivity index (χ0) is 12.5. The van der Waals surface area contributed by atoms with E-state index in [0.29, 0.717) is 13.0 Å². The molecule has 0 aliphatic carbocycles. The highest BCUT2D eigenvalue weighted by atomic mass is 16.4. The third-order valence-corrected chi connectivity index (χ3v) is 3.86. The van der Waals surface area contributed by atoms with E-state index < -0.39 is 11.4 Å². The minimum Gasteiger partial charge on any atom is -0.481 e. The van der Waals surface area contributed by atoms with Gasteiger partial charge in [-0.15, -0.1) is 0 Å². The van der Waals surface area contributed by atoms with Crippen molar-refractivity contribution in [3.63, 3.8) is 0 Å². The number of carboxylic acid groups (broad SMARTS) is 1. The Kier molecular flexibility index (Phi) is 3.20. The van der Waals surface area contributed by atoms with Crippen molar-refractivity contribution in [1.29, 1.82) is 0 Å². The van der Waals surface area contributed by atoms with Gasteiger partial charge < -0.3 is 10.4 Å². The van der Waals surface area contributed by atoms with Gasteiger partial charge in [-0.25, -0.2) is 0 Å². The molecule has 3 nitrogen and oxygen atoms in total. The van der Waals surface area contributed by atoms with Gasteiger partial charge in [0.15, 0.2) is 0 Å². The van der Waals surface area contributed by atoms with Gasteiger partial charge in [0, 0.05) is 6.54 Å². The van der Waals surface area contributed by atoms with Crippen LogP contribution in [0.1, 0.15) is 23.1 Å². The predicted octanol–water partition coefficient (Wildman–Crippen LogP) is 1.91. The molecule has 17 heavy (non-hydrogen) atoms. The van der Waals surface area contributed by atoms with E-state index in [1.807, 2.05) is 6.07 Å². The third-order valence-electron chi connectivity index (χ3n) is 3.86. The van der Waals surface area contributed by atoms with Crippen LogP contribution in [0.25, 0.3) is 0 Å². The lowest BCUT2D eigenvalue weighted by molar-refractivity contribution is -0.147. The summed E-state index contributed by atoms with van der Waals surface area (Å²) < 4.78 is 0. The number of aryl methyl sites for hydroxylation is 2. The van der Waals surface area contributed by atoms with Gasteiger partial charge in [0.25, 0.3) is 0 Å². The van der Waals surface area contributed by atoms with Gasteiger partial charge >= 0.3 is 5.97 Å². The van der Waals surface area contributed by atoms with Crippen LogP contribution in [0, 0.1) is 19.3 Å². The second-order valence-corrected chi connectivity index (χ2v) is 5.06. The fraction of sp³-hybridized carbons (Fsp3) is 0.500. The molecule has 1 atom stereocenters. The molecule has 0 amide bonds. The molecule has 1 fully saturated rings. The number of rotatable bonds is 3. The van der Waals surface area contributed by atoms with Crippen LogP contribution in [-0.2, 0) is 11.2 Å². The third kappa shape index (κ3) is 2.20. The molecule has 1 aliphatic heterocycles. The van der Waals surface area contributed by atoms with Crippen LogP contribution in [0.15, 0.2) is 18.2 Å². The van der Waals surface area contributed by atoms with Gasteiger partial charge in [-0.1, -0.05) is 18.2 Å². The van der Waals surface area contributed by atoms with Crippen LogP contribution >= 0.6 is 0 Å². The number of benzene rings is 1. The van der Waals surface area contributed by atoms with Crippen molar-refractivity contribution in [2.75, 3.05) is 13.1 Å². The molecule has 1 aromatic carbocycles. The SMILES string of the molecule is Cc1cccc(C)c1CC1(C(=O)O)CCNC1. The molecule has 2 N–H and O–H groups in total. The summed E-state index contributed by atoms with van der Waals surface area (Å²) in [5.74, 6) is -0.676. The summed E-state index contributed by atoms with van der Waals surface area (Å²) in [6.45, 7) is 5.49. The number of hydrogen-bond acceptors (Lipinski definition) is 2. The molecule has 3 heteroatoms. The molecule has 0 bridgehead atoms. The molecular weight excluding hydrogens is 214 g/mol. The maximum atomic E-state index is 11.5. The lowest BCUT2D eigenvalue weighted by atomic mass is 9.79. The number of carboxylic acids is 1. The van der Waals surface area contributed by atoms with E-state index in [9.17, 15) is 9.90 Å². The maximum Gasteiger partial charge on any atom is 0.311 e. The van der Waals surface area contributed by atoms with E-state index in [-0.39, 0.29) is 0 Å². The van der Waals surface area contributed by atoms with Gasteiger partial charge in [-0.3, -0.25) is 4.79 Å². The summed E-state index contributed by atoms with van der Waals surface area (Å²) >= 11 is 0. The van der Waals surface area contributed by atoms with Crippen molar-refractivity contribution in [2.24, 2.45) is 5.41 Å². The van der Waals surface area contributed by atoms with Gasteiger partial charge in [0.1, 0.15) is 0 Å². The molecule has 1 heterocycles. The summed E-state index contributed by atoms with van der Waals surface area (Å²) in [4.78, 5) is 11.5. The maximum absolute atomic E-state index is 11.5. The molecule has 0 spiro atoms. The van der Waals surface area contributed by atoms with Gasteiger partial charge in [0.05, 0.1) is 5.41 Å². The summed E-state index contributed by atoms with van der Waals surface area (Å²) in [6, 6.07) is 6.13. The highest BCUT2D eigenvalue weighted by Crippen LogP contribution is 2.32. The van der Waals surface area contributed by atoms with E-state index in [0.717, 1.165) is 13.0 Å². The fourth-order valence-corrected chi connectivity index (χ4v) is 2.62. The lowest BCUT2D eigenvalue weighted by Gasteiger charge is -2.25. The Labute approximate surface area is 102 Å². The zero-order valence-corrected chi connectivity index (χ0v) is 10.4. The number of aliphatic carboxylic acids is 1. The molecule has 0 aromatic heterocycles. The average Bonchev–Trinajstić information content (AvgIpc) is 2.73. The smallest absolute Gasteiger partial charge is 0.311 e. The van der Waals surface area contributed by atoms with Crippen LogP contribution in [0.4, 0.5) is 0 Å². The first-order valence-electron chi connectivity index (χ1n) is 6.04. The summed E-state index contributed by atoms with van der Waals surface area (Å²) in [5.41, 5.74) is 2.96. The second-order valence-electron chi connectivity index (χ2n) is 5.06. The van der Waals surface area contributed by atoms with E-state index in [1.165, 1.54) is 16.7 Å². The fourth-order valence-electron chi connectivity index (χ4n) is 2.62. The molecule has 2 rings (SSSR count). The second kappa shape index (κ2) is 4.49. The van der Waals surface area contributed by atoms with Crippen molar-refractivity contribution >= 4 is 5.97 Å². The first-order valence-corrected chi connectivity index (χ1v) is 6.04. The number of hydrogen-bond donors (Lipinski definition) is 2. The highest BCUT2D eigenvalue weighted by Gasteiger charge is 2.41. The standard InChI is InChI=1S/C14H19NO2/c1-10-4-3-5-11(2)12(10)8-14(13(16)17)6-7-15-9-14/h3-5,15H,6-9H2,1-2H3,(H,16,17).